The molecule has 2 heterocycles. The van der Waals surface area contributed by atoms with Crippen LogP contribution in [0.4, 0.5) is 20.2 Å². The lowest BCUT2D eigenvalue weighted by Crippen LogP contribution is -2.40. The summed E-state index contributed by atoms with van der Waals surface area (Å²) in [6, 6.07) is 9.07. The summed E-state index contributed by atoms with van der Waals surface area (Å²) in [5, 5.41) is 3.10. The zero-order valence-electron chi connectivity index (χ0n) is 15.4. The second-order valence-corrected chi connectivity index (χ2v) is 10.9. The van der Waals surface area contributed by atoms with Gasteiger partial charge in [-0.05, 0) is 36.4 Å². The van der Waals surface area contributed by atoms with Gasteiger partial charge in [-0.2, -0.15) is 0 Å². The van der Waals surface area contributed by atoms with Crippen molar-refractivity contribution in [1.29, 1.82) is 0 Å². The van der Waals surface area contributed by atoms with Crippen LogP contribution in [0.1, 0.15) is 0 Å². The Labute approximate surface area is 184 Å². The van der Waals surface area contributed by atoms with Crippen molar-refractivity contribution < 1.29 is 22.0 Å². The van der Waals surface area contributed by atoms with Gasteiger partial charge < -0.3 is 10.2 Å². The molecule has 2 aliphatic heterocycles. The number of thioether (sulfide) groups is 1. The number of fused-ring (bicyclic) bond motifs is 1. The number of carbonyl (C=O) groups is 1. The van der Waals surface area contributed by atoms with Gasteiger partial charge in [0.05, 0.1) is 35.0 Å². The molecule has 158 valence electrons. The molecule has 2 aliphatic rings. The van der Waals surface area contributed by atoms with Gasteiger partial charge in [0.2, 0.25) is 5.91 Å². The molecular weight excluding hydrogens is 500 g/mol. The third-order valence-corrected chi connectivity index (χ3v) is 7.93. The molecule has 30 heavy (non-hydrogen) atoms. The van der Waals surface area contributed by atoms with E-state index in [0.29, 0.717) is 10.9 Å². The van der Waals surface area contributed by atoms with Gasteiger partial charge in [0.1, 0.15) is 11.6 Å². The third-order valence-electron chi connectivity index (χ3n) is 4.74. The number of amidine groups is 1. The van der Waals surface area contributed by atoms with E-state index in [9.17, 15) is 22.0 Å². The summed E-state index contributed by atoms with van der Waals surface area (Å²) in [6.07, 6.45) is 0. The summed E-state index contributed by atoms with van der Waals surface area (Å²) in [5.41, 5.74) is 0.669. The van der Waals surface area contributed by atoms with E-state index in [1.54, 1.807) is 24.3 Å². The Morgan fingerprint density at radius 1 is 1.20 bits per heavy atom. The number of amides is 1. The third kappa shape index (κ3) is 4.52. The molecule has 0 saturated carbocycles. The van der Waals surface area contributed by atoms with Crippen molar-refractivity contribution in [2.75, 3.05) is 27.5 Å². The summed E-state index contributed by atoms with van der Waals surface area (Å²) < 4.78 is 52.8. The largest absolute Gasteiger partial charge is 0.325 e. The first-order chi connectivity index (χ1) is 14.2. The molecule has 1 fully saturated rings. The van der Waals surface area contributed by atoms with Crippen LogP contribution in [0, 0.1) is 11.6 Å². The molecule has 0 spiro atoms. The number of rotatable bonds is 4. The Morgan fingerprint density at radius 2 is 1.93 bits per heavy atom. The molecule has 1 saturated heterocycles. The highest BCUT2D eigenvalue weighted by molar-refractivity contribution is 9.10. The van der Waals surface area contributed by atoms with E-state index < -0.39 is 33.6 Å². The molecule has 0 radical (unpaired) electrons. The van der Waals surface area contributed by atoms with E-state index in [1.165, 1.54) is 11.0 Å². The van der Waals surface area contributed by atoms with Gasteiger partial charge in [-0.1, -0.05) is 27.7 Å². The molecule has 0 bridgehead atoms. The summed E-state index contributed by atoms with van der Waals surface area (Å²) in [5.74, 6) is -2.13. The number of carbonyl (C=O) groups excluding carboxylic acids is 1. The summed E-state index contributed by atoms with van der Waals surface area (Å²) >= 11 is 4.41. The van der Waals surface area contributed by atoms with E-state index in [4.69, 9.17) is 0 Å². The van der Waals surface area contributed by atoms with Gasteiger partial charge in [-0.25, -0.2) is 17.2 Å². The first-order valence-electron chi connectivity index (χ1n) is 8.92. The van der Waals surface area contributed by atoms with E-state index in [-0.39, 0.29) is 28.9 Å². The average molecular weight is 516 g/mol. The van der Waals surface area contributed by atoms with Crippen LogP contribution in [0.5, 0.6) is 0 Å². The molecule has 0 aliphatic carbocycles. The van der Waals surface area contributed by atoms with Gasteiger partial charge in [0, 0.05) is 16.2 Å². The van der Waals surface area contributed by atoms with Crippen LogP contribution >= 0.6 is 27.7 Å². The Bertz CT molecular complexity index is 1130. The fourth-order valence-electron chi connectivity index (χ4n) is 3.45. The summed E-state index contributed by atoms with van der Waals surface area (Å²) in [4.78, 5) is 18.2. The number of halogens is 3. The first kappa shape index (κ1) is 21.3. The standard InChI is InChI=1S/C19H16BrF2N3O3S2/c20-11-1-4-13(5-2-11)23-18(26)8-29-19-24-15-9-30(27,28)10-17(15)25(19)16-6-3-12(21)7-14(16)22/h1-7,15,17H,8-10H2,(H,23,26)/t15-,17+/m1/s1. The lowest BCUT2D eigenvalue weighted by molar-refractivity contribution is -0.113. The number of hydrogen-bond acceptors (Lipinski definition) is 6. The van der Waals surface area contributed by atoms with Crippen molar-refractivity contribution in [3.05, 3.63) is 58.6 Å². The minimum atomic E-state index is -3.30. The van der Waals surface area contributed by atoms with Gasteiger partial charge >= 0.3 is 0 Å². The maximum absolute atomic E-state index is 14.5. The Balaban J connectivity index is 1.52. The zero-order valence-corrected chi connectivity index (χ0v) is 18.6. The summed E-state index contributed by atoms with van der Waals surface area (Å²) in [6.45, 7) is 0. The fourth-order valence-corrected chi connectivity index (χ4v) is 6.48. The smallest absolute Gasteiger partial charge is 0.234 e. The molecule has 0 aromatic heterocycles. The number of sulfone groups is 1. The number of anilines is 2. The molecule has 6 nitrogen and oxygen atoms in total. The molecule has 4 rings (SSSR count). The Morgan fingerprint density at radius 3 is 2.63 bits per heavy atom. The van der Waals surface area contributed by atoms with Crippen LogP contribution < -0.4 is 10.2 Å². The molecule has 0 unspecified atom stereocenters. The first-order valence-corrected chi connectivity index (χ1v) is 12.5. The Hall–Kier alpha value is -1.98. The van der Waals surface area contributed by atoms with Crippen LogP contribution in [0.2, 0.25) is 0 Å². The number of benzene rings is 2. The van der Waals surface area contributed by atoms with Crippen molar-refractivity contribution in [3.63, 3.8) is 0 Å². The fraction of sp³-hybridized carbons (Fsp3) is 0.263. The van der Waals surface area contributed by atoms with Crippen molar-refractivity contribution in [2.45, 2.75) is 12.1 Å². The van der Waals surface area contributed by atoms with Gasteiger partial charge in [-0.15, -0.1) is 0 Å². The maximum atomic E-state index is 14.5. The van der Waals surface area contributed by atoms with Crippen LogP contribution in [-0.2, 0) is 14.6 Å². The highest BCUT2D eigenvalue weighted by atomic mass is 79.9. The van der Waals surface area contributed by atoms with Gasteiger partial charge in [-0.3, -0.25) is 9.79 Å². The molecule has 2 aromatic rings. The highest BCUT2D eigenvalue weighted by Gasteiger charge is 2.47. The topological polar surface area (TPSA) is 78.8 Å². The van der Waals surface area contributed by atoms with E-state index in [1.807, 2.05) is 0 Å². The highest BCUT2D eigenvalue weighted by Crippen LogP contribution is 2.36. The van der Waals surface area contributed by atoms with Crippen molar-refractivity contribution >= 4 is 60.0 Å². The molecule has 2 aromatic carbocycles. The average Bonchev–Trinajstić information content (AvgIpc) is 3.13. The zero-order chi connectivity index (χ0) is 21.5. The molecular formula is C19H16BrF2N3O3S2. The van der Waals surface area contributed by atoms with Crippen molar-refractivity contribution in [3.8, 4) is 0 Å². The molecule has 1 N–H and O–H groups in total. The van der Waals surface area contributed by atoms with Crippen molar-refractivity contribution in [1.82, 2.24) is 0 Å². The van der Waals surface area contributed by atoms with E-state index >= 15 is 0 Å². The van der Waals surface area contributed by atoms with Crippen LogP contribution in [0.3, 0.4) is 0 Å². The normalized spacial score (nSPS) is 22.0. The minimum Gasteiger partial charge on any atom is -0.325 e. The van der Waals surface area contributed by atoms with E-state index in [0.717, 1.165) is 28.4 Å². The summed E-state index contributed by atoms with van der Waals surface area (Å²) in [7, 11) is -3.30. The molecule has 2 atom stereocenters. The van der Waals surface area contributed by atoms with Crippen LogP contribution in [-0.4, -0.2) is 48.8 Å². The van der Waals surface area contributed by atoms with Crippen LogP contribution in [0.15, 0.2) is 51.9 Å². The second kappa shape index (κ2) is 8.27. The van der Waals surface area contributed by atoms with Crippen molar-refractivity contribution in [2.24, 2.45) is 4.99 Å². The number of aliphatic imine (C=N–C) groups is 1. The minimum absolute atomic E-state index is 0.000398. The van der Waals surface area contributed by atoms with E-state index in [2.05, 4.69) is 26.2 Å². The number of nitrogens with zero attached hydrogens (tertiary/aromatic N) is 2. The predicted octanol–water partition coefficient (Wildman–Crippen LogP) is 3.44. The van der Waals surface area contributed by atoms with Gasteiger partial charge in [0.15, 0.2) is 15.0 Å². The number of nitrogens with one attached hydrogen (secondary N) is 1. The number of hydrogen-bond donors (Lipinski definition) is 1. The lowest BCUT2D eigenvalue weighted by atomic mass is 10.1. The molecule has 1 amide bonds. The second-order valence-electron chi connectivity index (χ2n) is 6.93. The van der Waals surface area contributed by atoms with Gasteiger partial charge in [0.25, 0.3) is 0 Å². The monoisotopic (exact) mass is 515 g/mol. The molecule has 11 heteroatoms. The van der Waals surface area contributed by atoms with Crippen LogP contribution in [0.25, 0.3) is 0 Å². The SMILES string of the molecule is O=C(CSC1=N[C@@H]2CS(=O)(=O)C[C@@H]2N1c1ccc(F)cc1F)Nc1ccc(Br)cc1. The maximum Gasteiger partial charge on any atom is 0.234 e. The predicted molar refractivity (Wildman–Crippen MR) is 118 cm³/mol. The quantitative estimate of drug-likeness (QED) is 0.674. The Kier molecular flexibility index (Phi) is 5.86. The lowest BCUT2D eigenvalue weighted by Gasteiger charge is -2.26.